The van der Waals surface area contributed by atoms with Crippen molar-refractivity contribution >= 4 is 34.4 Å². The second-order valence-electron chi connectivity index (χ2n) is 5.58. The van der Waals surface area contributed by atoms with Gasteiger partial charge < -0.3 is 5.32 Å². The van der Waals surface area contributed by atoms with Crippen molar-refractivity contribution in [3.05, 3.63) is 71.8 Å². The summed E-state index contributed by atoms with van der Waals surface area (Å²) in [4.78, 5) is 0. The number of fused-ring (bicyclic) bond motifs is 3. The van der Waals surface area contributed by atoms with Crippen LogP contribution in [0.15, 0.2) is 66.7 Å². The minimum absolute atomic E-state index is 0.742. The molecule has 0 bridgehead atoms. The zero-order valence-corrected chi connectivity index (χ0v) is 13.4. The number of nitrogens with zero attached hydrogens (tertiary/aromatic N) is 1. The van der Waals surface area contributed by atoms with E-state index in [0.29, 0.717) is 0 Å². The van der Waals surface area contributed by atoms with E-state index >= 15 is 0 Å². The van der Waals surface area contributed by atoms with Gasteiger partial charge in [0.1, 0.15) is 0 Å². The summed E-state index contributed by atoms with van der Waals surface area (Å²) in [6.45, 7) is 0. The van der Waals surface area contributed by atoms with Gasteiger partial charge in [-0.15, -0.1) is 0 Å². The fourth-order valence-corrected chi connectivity index (χ4v) is 3.06. The Morgan fingerprint density at radius 3 is 2.52 bits per heavy atom. The van der Waals surface area contributed by atoms with Crippen LogP contribution in [-0.2, 0) is 0 Å². The molecular weight excluding hydrogens is 306 g/mol. The highest BCUT2D eigenvalue weighted by Gasteiger charge is 2.19. The normalized spacial score (nSPS) is 12.2. The molecule has 23 heavy (non-hydrogen) atoms. The molecule has 0 unspecified atom stereocenters. The van der Waals surface area contributed by atoms with Gasteiger partial charge in [0.05, 0.1) is 11.4 Å². The van der Waals surface area contributed by atoms with Gasteiger partial charge in [-0.2, -0.15) is 0 Å². The summed E-state index contributed by atoms with van der Waals surface area (Å²) >= 11 is 6.21. The summed E-state index contributed by atoms with van der Waals surface area (Å²) in [7, 11) is 2.01. The summed E-state index contributed by atoms with van der Waals surface area (Å²) < 4.78 is 0. The van der Waals surface area contributed by atoms with E-state index in [1.807, 2.05) is 48.5 Å². The van der Waals surface area contributed by atoms with E-state index in [4.69, 9.17) is 11.6 Å². The Bertz CT molecular complexity index is 862. The molecule has 0 spiro atoms. The van der Waals surface area contributed by atoms with Crippen LogP contribution in [0, 0.1) is 0 Å². The van der Waals surface area contributed by atoms with Crippen LogP contribution in [-0.4, -0.2) is 7.05 Å². The first-order valence-corrected chi connectivity index (χ1v) is 7.85. The molecule has 0 radical (unpaired) electrons. The maximum absolute atomic E-state index is 6.21. The van der Waals surface area contributed by atoms with E-state index in [2.05, 4.69) is 41.1 Å². The zero-order chi connectivity index (χ0) is 15.8. The molecule has 4 heteroatoms. The van der Waals surface area contributed by atoms with E-state index in [9.17, 15) is 0 Å². The second kappa shape index (κ2) is 5.52. The highest BCUT2D eigenvalue weighted by molar-refractivity contribution is 6.31. The van der Waals surface area contributed by atoms with Crippen LogP contribution in [0.25, 0.3) is 11.1 Å². The largest absolute Gasteiger partial charge is 0.356 e. The molecule has 3 nitrogen and oxygen atoms in total. The molecule has 0 fully saturated rings. The van der Waals surface area contributed by atoms with E-state index in [1.165, 1.54) is 0 Å². The number of para-hydroxylation sites is 1. The maximum atomic E-state index is 6.21. The fraction of sp³-hybridized carbons (Fsp3) is 0.0526. The Balaban J connectivity index is 1.78. The molecule has 1 aliphatic heterocycles. The van der Waals surface area contributed by atoms with Gasteiger partial charge in [0.2, 0.25) is 0 Å². The van der Waals surface area contributed by atoms with Crippen molar-refractivity contribution in [2.24, 2.45) is 0 Å². The SMILES string of the molecule is CN1Nc2ccc(Nc3ccccc3)cc2-c2cc(Cl)ccc21. The summed E-state index contributed by atoms with van der Waals surface area (Å²) in [6.07, 6.45) is 0. The van der Waals surface area contributed by atoms with Crippen molar-refractivity contribution in [3.8, 4) is 11.1 Å². The molecular formula is C19H16ClN3. The first kappa shape index (κ1) is 14.0. The summed E-state index contributed by atoms with van der Waals surface area (Å²) in [6, 6.07) is 22.4. The highest BCUT2D eigenvalue weighted by Crippen LogP contribution is 2.42. The van der Waals surface area contributed by atoms with Crippen molar-refractivity contribution in [3.63, 3.8) is 0 Å². The van der Waals surface area contributed by atoms with Crippen LogP contribution in [0.3, 0.4) is 0 Å². The van der Waals surface area contributed by atoms with Gasteiger partial charge in [0, 0.05) is 34.6 Å². The Morgan fingerprint density at radius 1 is 0.870 bits per heavy atom. The first-order chi connectivity index (χ1) is 11.2. The maximum Gasteiger partial charge on any atom is 0.0648 e. The monoisotopic (exact) mass is 321 g/mol. The van der Waals surface area contributed by atoms with Crippen LogP contribution in [0.5, 0.6) is 0 Å². The third-order valence-corrected chi connectivity index (χ3v) is 4.22. The lowest BCUT2D eigenvalue weighted by Crippen LogP contribution is -2.28. The van der Waals surface area contributed by atoms with Crippen LogP contribution in [0.4, 0.5) is 22.7 Å². The van der Waals surface area contributed by atoms with Gasteiger partial charge in [-0.1, -0.05) is 29.8 Å². The summed E-state index contributed by atoms with van der Waals surface area (Å²) in [5.74, 6) is 0. The predicted octanol–water partition coefficient (Wildman–Crippen LogP) is 5.53. The third-order valence-electron chi connectivity index (χ3n) is 3.98. The average Bonchev–Trinajstić information content (AvgIpc) is 2.56. The lowest BCUT2D eigenvalue weighted by atomic mass is 9.99. The van der Waals surface area contributed by atoms with E-state index in [0.717, 1.165) is 38.9 Å². The van der Waals surface area contributed by atoms with Gasteiger partial charge in [-0.25, -0.2) is 0 Å². The number of halogens is 1. The van der Waals surface area contributed by atoms with E-state index in [-0.39, 0.29) is 0 Å². The number of hydrogen-bond donors (Lipinski definition) is 2. The third kappa shape index (κ3) is 2.60. The van der Waals surface area contributed by atoms with Crippen molar-refractivity contribution in [1.29, 1.82) is 0 Å². The molecule has 4 rings (SSSR count). The molecule has 114 valence electrons. The van der Waals surface area contributed by atoms with Crippen LogP contribution in [0.2, 0.25) is 5.02 Å². The standard InChI is InChI=1S/C19H16ClN3/c1-23-19-10-7-13(20)11-17(19)16-12-15(8-9-18(16)22-23)21-14-5-3-2-4-6-14/h2-12,21-22H,1H3. The zero-order valence-electron chi connectivity index (χ0n) is 12.7. The van der Waals surface area contributed by atoms with Gasteiger partial charge in [0.15, 0.2) is 0 Å². The van der Waals surface area contributed by atoms with Crippen LogP contribution < -0.4 is 15.8 Å². The smallest absolute Gasteiger partial charge is 0.0648 e. The summed E-state index contributed by atoms with van der Waals surface area (Å²) in [5.41, 5.74) is 9.96. The van der Waals surface area contributed by atoms with Gasteiger partial charge in [-0.05, 0) is 48.5 Å². The first-order valence-electron chi connectivity index (χ1n) is 7.47. The van der Waals surface area contributed by atoms with Crippen molar-refractivity contribution in [2.45, 2.75) is 0 Å². The molecule has 0 saturated heterocycles. The summed E-state index contributed by atoms with van der Waals surface area (Å²) in [5, 5.41) is 6.19. The van der Waals surface area contributed by atoms with Crippen molar-refractivity contribution in [2.75, 3.05) is 22.8 Å². The topological polar surface area (TPSA) is 27.3 Å². The van der Waals surface area contributed by atoms with E-state index < -0.39 is 0 Å². The molecule has 0 amide bonds. The molecule has 3 aromatic carbocycles. The average molecular weight is 322 g/mol. The van der Waals surface area contributed by atoms with Crippen LogP contribution >= 0.6 is 11.6 Å². The number of rotatable bonds is 2. The molecule has 3 aromatic rings. The lowest BCUT2D eigenvalue weighted by Gasteiger charge is -2.31. The molecule has 0 atom stereocenters. The van der Waals surface area contributed by atoms with Crippen molar-refractivity contribution < 1.29 is 0 Å². The number of hydrogen-bond acceptors (Lipinski definition) is 3. The van der Waals surface area contributed by atoms with Gasteiger partial charge in [-0.3, -0.25) is 10.4 Å². The van der Waals surface area contributed by atoms with Gasteiger partial charge >= 0.3 is 0 Å². The van der Waals surface area contributed by atoms with Crippen molar-refractivity contribution in [1.82, 2.24) is 0 Å². The minimum Gasteiger partial charge on any atom is -0.356 e. The molecule has 0 aliphatic carbocycles. The number of anilines is 4. The quantitative estimate of drug-likeness (QED) is 0.650. The molecule has 1 heterocycles. The second-order valence-corrected chi connectivity index (χ2v) is 6.02. The number of hydrazine groups is 1. The molecule has 2 N–H and O–H groups in total. The van der Waals surface area contributed by atoms with Gasteiger partial charge in [0.25, 0.3) is 0 Å². The predicted molar refractivity (Wildman–Crippen MR) is 98.6 cm³/mol. The fourth-order valence-electron chi connectivity index (χ4n) is 2.89. The lowest BCUT2D eigenvalue weighted by molar-refractivity contribution is 1.08. The highest BCUT2D eigenvalue weighted by atomic mass is 35.5. The Hall–Kier alpha value is -2.65. The van der Waals surface area contributed by atoms with Crippen LogP contribution in [0.1, 0.15) is 0 Å². The Morgan fingerprint density at radius 2 is 1.70 bits per heavy atom. The molecule has 0 aromatic heterocycles. The molecule has 1 aliphatic rings. The molecule has 0 saturated carbocycles. The number of nitrogens with one attached hydrogen (secondary N) is 2. The Kier molecular flexibility index (Phi) is 3.36. The van der Waals surface area contributed by atoms with E-state index in [1.54, 1.807) is 0 Å². The minimum atomic E-state index is 0.742. The Labute approximate surface area is 140 Å². The number of benzene rings is 3.